The third-order valence-corrected chi connectivity index (χ3v) is 3.76. The number of fused-ring (bicyclic) bond motifs is 1. The molecular weight excluding hydrogens is 348 g/mol. The van der Waals surface area contributed by atoms with E-state index in [1.165, 1.54) is 36.2 Å². The third kappa shape index (κ3) is 3.06. The maximum Gasteiger partial charge on any atom is 0.276 e. The Kier molecular flexibility index (Phi) is 4.53. The molecule has 0 fully saturated rings. The van der Waals surface area contributed by atoms with Crippen molar-refractivity contribution in [3.8, 4) is 5.75 Å². The fourth-order valence-corrected chi connectivity index (χ4v) is 2.50. The number of nitrogens with one attached hydrogen (secondary N) is 2. The Morgan fingerprint density at radius 2 is 2.08 bits per heavy atom. The van der Waals surface area contributed by atoms with Crippen LogP contribution in [0.15, 0.2) is 46.4 Å². The van der Waals surface area contributed by atoms with Crippen LogP contribution in [0.1, 0.15) is 15.9 Å². The van der Waals surface area contributed by atoms with E-state index < -0.39 is 28.5 Å². The number of benzene rings is 1. The van der Waals surface area contributed by atoms with Gasteiger partial charge in [-0.25, -0.2) is 8.78 Å². The van der Waals surface area contributed by atoms with Gasteiger partial charge >= 0.3 is 0 Å². The molecule has 0 unspecified atom stereocenters. The Balaban J connectivity index is 1.97. The van der Waals surface area contributed by atoms with Crippen LogP contribution >= 0.6 is 0 Å². The van der Waals surface area contributed by atoms with Crippen molar-refractivity contribution in [1.29, 1.82) is 0 Å². The van der Waals surface area contributed by atoms with Crippen LogP contribution in [0, 0.1) is 11.6 Å². The number of nitrogens with zero attached hydrogens (tertiary/aromatic N) is 1. The minimum absolute atomic E-state index is 0.0406. The zero-order chi connectivity index (χ0) is 18.8. The Morgan fingerprint density at radius 1 is 1.31 bits per heavy atom. The number of hydrogen-bond acceptors (Lipinski definition) is 4. The molecule has 3 rings (SSSR count). The molecule has 0 aliphatic carbocycles. The number of halogens is 2. The number of methoxy groups -OCH3 is 1. The lowest BCUT2D eigenvalue weighted by atomic mass is 10.2. The first-order valence-electron chi connectivity index (χ1n) is 7.45. The third-order valence-electron chi connectivity index (χ3n) is 3.76. The normalized spacial score (nSPS) is 10.7. The Labute approximate surface area is 144 Å². The van der Waals surface area contributed by atoms with Gasteiger partial charge in [0, 0.05) is 36.8 Å². The summed E-state index contributed by atoms with van der Waals surface area (Å²) in [5.41, 5.74) is -1.60. The van der Waals surface area contributed by atoms with Gasteiger partial charge < -0.3 is 19.4 Å². The van der Waals surface area contributed by atoms with Crippen molar-refractivity contribution < 1.29 is 18.3 Å². The molecule has 1 aromatic carbocycles. The number of aromatic nitrogens is 2. The van der Waals surface area contributed by atoms with Crippen LogP contribution in [0.3, 0.4) is 0 Å². The van der Waals surface area contributed by atoms with Crippen molar-refractivity contribution in [3.63, 3.8) is 0 Å². The second-order valence-corrected chi connectivity index (χ2v) is 5.37. The first-order valence-corrected chi connectivity index (χ1v) is 7.45. The van der Waals surface area contributed by atoms with Crippen molar-refractivity contribution in [3.05, 3.63) is 80.1 Å². The van der Waals surface area contributed by atoms with Gasteiger partial charge in [-0.2, -0.15) is 0 Å². The highest BCUT2D eigenvalue weighted by Gasteiger charge is 2.19. The molecule has 0 spiro atoms. The monoisotopic (exact) mass is 361 g/mol. The predicted molar refractivity (Wildman–Crippen MR) is 88.4 cm³/mol. The van der Waals surface area contributed by atoms with E-state index in [4.69, 9.17) is 4.74 Å². The largest absolute Gasteiger partial charge is 0.491 e. The number of ether oxygens (including phenoxy) is 1. The van der Waals surface area contributed by atoms with Gasteiger partial charge in [0.1, 0.15) is 17.2 Å². The molecule has 26 heavy (non-hydrogen) atoms. The van der Waals surface area contributed by atoms with E-state index in [1.54, 1.807) is 0 Å². The SMILES string of the molecule is COc1c(=O)c(C(=O)NCc2ccc(F)cc2F)cn2cc[nH]c(=O)c12. The molecule has 0 radical (unpaired) electrons. The molecule has 7 nitrogen and oxygen atoms in total. The number of amides is 1. The van der Waals surface area contributed by atoms with Crippen LogP contribution in [0.5, 0.6) is 5.75 Å². The molecule has 0 bridgehead atoms. The second-order valence-electron chi connectivity index (χ2n) is 5.37. The number of aromatic amines is 1. The minimum atomic E-state index is -0.815. The van der Waals surface area contributed by atoms with Crippen molar-refractivity contribution >= 4 is 11.4 Å². The maximum atomic E-state index is 13.6. The summed E-state index contributed by atoms with van der Waals surface area (Å²) in [6, 6.07) is 2.95. The van der Waals surface area contributed by atoms with Gasteiger partial charge in [-0.3, -0.25) is 14.4 Å². The maximum absolute atomic E-state index is 13.6. The average Bonchev–Trinajstić information content (AvgIpc) is 2.61. The van der Waals surface area contributed by atoms with Gasteiger partial charge in [-0.05, 0) is 6.07 Å². The fraction of sp³-hybridized carbons (Fsp3) is 0.118. The summed E-state index contributed by atoms with van der Waals surface area (Å²) in [5, 5.41) is 2.39. The molecule has 1 amide bonds. The van der Waals surface area contributed by atoms with Gasteiger partial charge in [0.05, 0.1) is 7.11 Å². The zero-order valence-corrected chi connectivity index (χ0v) is 13.5. The lowest BCUT2D eigenvalue weighted by molar-refractivity contribution is 0.0948. The van der Waals surface area contributed by atoms with Crippen molar-refractivity contribution in [1.82, 2.24) is 14.7 Å². The number of hydrogen-bond donors (Lipinski definition) is 2. The standard InChI is InChI=1S/C17H13F2N3O4/c1-26-15-13-17(25)20-4-5-22(13)8-11(14(15)23)16(24)21-7-9-2-3-10(18)6-12(9)19/h2-6,8H,7H2,1H3,(H,20,25)(H,21,24). The Morgan fingerprint density at radius 3 is 2.77 bits per heavy atom. The molecule has 2 aromatic heterocycles. The van der Waals surface area contributed by atoms with Crippen molar-refractivity contribution in [2.45, 2.75) is 6.54 Å². The summed E-state index contributed by atoms with van der Waals surface area (Å²) in [7, 11) is 1.21. The highest BCUT2D eigenvalue weighted by molar-refractivity contribution is 5.94. The van der Waals surface area contributed by atoms with E-state index in [9.17, 15) is 23.2 Å². The van der Waals surface area contributed by atoms with Crippen LogP contribution < -0.4 is 21.0 Å². The number of rotatable bonds is 4. The van der Waals surface area contributed by atoms with Crippen LogP contribution in [0.4, 0.5) is 8.78 Å². The highest BCUT2D eigenvalue weighted by atomic mass is 19.1. The molecule has 9 heteroatoms. The first kappa shape index (κ1) is 17.3. The lowest BCUT2D eigenvalue weighted by Crippen LogP contribution is -2.30. The molecule has 0 aliphatic rings. The molecule has 2 heterocycles. The second kappa shape index (κ2) is 6.79. The summed E-state index contributed by atoms with van der Waals surface area (Å²) in [5.74, 6) is -2.62. The molecule has 0 saturated heterocycles. The van der Waals surface area contributed by atoms with E-state index >= 15 is 0 Å². The van der Waals surface area contributed by atoms with Gasteiger partial charge in [-0.15, -0.1) is 0 Å². The molecular formula is C17H13F2N3O4. The van der Waals surface area contributed by atoms with E-state index in [-0.39, 0.29) is 28.9 Å². The van der Waals surface area contributed by atoms with Crippen LogP contribution in [0.2, 0.25) is 0 Å². The summed E-state index contributed by atoms with van der Waals surface area (Å²) in [4.78, 5) is 39.1. The highest BCUT2D eigenvalue weighted by Crippen LogP contribution is 2.13. The van der Waals surface area contributed by atoms with Gasteiger partial charge in [0.2, 0.25) is 5.43 Å². The van der Waals surface area contributed by atoms with Gasteiger partial charge in [0.15, 0.2) is 11.3 Å². The van der Waals surface area contributed by atoms with E-state index in [1.807, 2.05) is 0 Å². The topological polar surface area (TPSA) is 92.7 Å². The summed E-state index contributed by atoms with van der Waals surface area (Å²) in [6.45, 7) is -0.245. The lowest BCUT2D eigenvalue weighted by Gasteiger charge is -2.10. The summed E-state index contributed by atoms with van der Waals surface area (Å²) < 4.78 is 32.8. The average molecular weight is 361 g/mol. The molecule has 0 saturated carbocycles. The van der Waals surface area contributed by atoms with Crippen LogP contribution in [-0.2, 0) is 6.54 Å². The van der Waals surface area contributed by atoms with Gasteiger partial charge in [-0.1, -0.05) is 6.07 Å². The smallest absolute Gasteiger partial charge is 0.276 e. The van der Waals surface area contributed by atoms with E-state index in [2.05, 4.69) is 10.3 Å². The molecule has 134 valence electrons. The Hall–Kier alpha value is -3.49. The number of carbonyl (C=O) groups is 1. The van der Waals surface area contributed by atoms with Crippen LogP contribution in [-0.4, -0.2) is 22.4 Å². The van der Waals surface area contributed by atoms with Crippen LogP contribution in [0.25, 0.3) is 5.52 Å². The summed E-state index contributed by atoms with van der Waals surface area (Å²) in [6.07, 6.45) is 3.97. The molecule has 0 aliphatic heterocycles. The number of carbonyl (C=O) groups excluding carboxylic acids is 1. The van der Waals surface area contributed by atoms with E-state index in [0.717, 1.165) is 6.07 Å². The minimum Gasteiger partial charge on any atom is -0.491 e. The van der Waals surface area contributed by atoms with Crippen molar-refractivity contribution in [2.75, 3.05) is 7.11 Å². The van der Waals surface area contributed by atoms with Crippen molar-refractivity contribution in [2.24, 2.45) is 0 Å². The molecule has 2 N–H and O–H groups in total. The quantitative estimate of drug-likeness (QED) is 0.730. The first-order chi connectivity index (χ1) is 12.4. The number of H-pyrrole nitrogens is 1. The molecule has 3 aromatic rings. The fourth-order valence-electron chi connectivity index (χ4n) is 2.50. The number of pyridine rings is 1. The summed E-state index contributed by atoms with van der Waals surface area (Å²) >= 11 is 0. The zero-order valence-electron chi connectivity index (χ0n) is 13.5. The van der Waals surface area contributed by atoms with E-state index in [0.29, 0.717) is 6.07 Å². The Bertz CT molecular complexity index is 1120. The molecule has 0 atom stereocenters. The van der Waals surface area contributed by atoms with Gasteiger partial charge in [0.25, 0.3) is 11.5 Å². The predicted octanol–water partition coefficient (Wildman–Crippen LogP) is 1.20.